The van der Waals surface area contributed by atoms with Crippen molar-refractivity contribution in [1.82, 2.24) is 0 Å². The van der Waals surface area contributed by atoms with Gasteiger partial charge in [0.15, 0.2) is 0 Å². The fourth-order valence-corrected chi connectivity index (χ4v) is 3.34. The van der Waals surface area contributed by atoms with Crippen LogP contribution in [-0.4, -0.2) is 17.2 Å². The monoisotopic (exact) mass is 327 g/mol. The molecular formula is C14H11ClFNOS2. The molecule has 1 aromatic heterocycles. The third kappa shape index (κ3) is 3.11. The molecule has 1 heterocycles. The van der Waals surface area contributed by atoms with Crippen LogP contribution in [0.1, 0.15) is 20.8 Å². The molecular weight excluding hydrogens is 317 g/mol. The SMILES string of the molecule is CSC(=NC(=O)c1sccc1C)c1c(F)cccc1Cl. The van der Waals surface area contributed by atoms with Crippen molar-refractivity contribution in [3.05, 3.63) is 56.5 Å². The predicted molar refractivity (Wildman–Crippen MR) is 84.8 cm³/mol. The van der Waals surface area contributed by atoms with E-state index >= 15 is 0 Å². The highest BCUT2D eigenvalue weighted by atomic mass is 35.5. The van der Waals surface area contributed by atoms with Crippen LogP contribution in [0, 0.1) is 12.7 Å². The number of aryl methyl sites for hydroxylation is 1. The van der Waals surface area contributed by atoms with Crippen LogP contribution in [0.3, 0.4) is 0 Å². The second-order valence-corrected chi connectivity index (χ2v) is 6.07. The Hall–Kier alpha value is -1.17. The van der Waals surface area contributed by atoms with Gasteiger partial charge in [0, 0.05) is 0 Å². The maximum Gasteiger partial charge on any atom is 0.288 e. The zero-order chi connectivity index (χ0) is 14.7. The average molecular weight is 328 g/mol. The largest absolute Gasteiger partial charge is 0.288 e. The summed E-state index contributed by atoms with van der Waals surface area (Å²) in [5.41, 5.74) is 1.04. The van der Waals surface area contributed by atoms with E-state index in [0.29, 0.717) is 4.88 Å². The molecule has 0 aliphatic carbocycles. The summed E-state index contributed by atoms with van der Waals surface area (Å²) in [6.07, 6.45) is 1.73. The van der Waals surface area contributed by atoms with Gasteiger partial charge in [-0.05, 0) is 42.3 Å². The number of benzene rings is 1. The summed E-state index contributed by atoms with van der Waals surface area (Å²) in [5.74, 6) is -0.859. The molecule has 0 atom stereocenters. The molecule has 20 heavy (non-hydrogen) atoms. The Balaban J connectivity index is 2.45. The first-order valence-electron chi connectivity index (χ1n) is 5.70. The fraction of sp³-hybridized carbons (Fsp3) is 0.143. The van der Waals surface area contributed by atoms with E-state index < -0.39 is 5.82 Å². The van der Waals surface area contributed by atoms with E-state index in [1.54, 1.807) is 12.3 Å². The molecule has 6 heteroatoms. The summed E-state index contributed by atoms with van der Waals surface area (Å²) in [4.78, 5) is 16.7. The fourth-order valence-electron chi connectivity index (χ4n) is 1.64. The Labute approximate surface area is 129 Å². The van der Waals surface area contributed by atoms with Gasteiger partial charge in [-0.15, -0.1) is 23.1 Å². The lowest BCUT2D eigenvalue weighted by Crippen LogP contribution is -2.05. The topological polar surface area (TPSA) is 29.4 Å². The molecule has 0 aliphatic rings. The number of rotatable bonds is 2. The first kappa shape index (κ1) is 15.2. The van der Waals surface area contributed by atoms with Gasteiger partial charge >= 0.3 is 0 Å². The standard InChI is InChI=1S/C14H11ClFNOS2/c1-8-6-7-20-12(8)13(18)17-14(19-2)11-9(15)4-3-5-10(11)16/h3-7H,1-2H3. The third-order valence-electron chi connectivity index (χ3n) is 2.63. The maximum atomic E-state index is 13.9. The van der Waals surface area contributed by atoms with Gasteiger partial charge < -0.3 is 0 Å². The van der Waals surface area contributed by atoms with E-state index in [9.17, 15) is 9.18 Å². The summed E-state index contributed by atoms with van der Waals surface area (Å²) in [6.45, 7) is 1.84. The second kappa shape index (κ2) is 6.52. The Morgan fingerprint density at radius 3 is 2.70 bits per heavy atom. The van der Waals surface area contributed by atoms with Crippen LogP contribution in [0.15, 0.2) is 34.6 Å². The number of hydrogen-bond acceptors (Lipinski definition) is 3. The molecule has 0 aliphatic heterocycles. The van der Waals surface area contributed by atoms with Crippen molar-refractivity contribution >= 4 is 45.7 Å². The Morgan fingerprint density at radius 1 is 1.40 bits per heavy atom. The molecule has 1 aromatic carbocycles. The molecule has 2 aromatic rings. The van der Waals surface area contributed by atoms with E-state index in [1.165, 1.54) is 35.2 Å². The molecule has 2 nitrogen and oxygen atoms in total. The first-order valence-corrected chi connectivity index (χ1v) is 8.18. The van der Waals surface area contributed by atoms with Crippen molar-refractivity contribution in [1.29, 1.82) is 0 Å². The van der Waals surface area contributed by atoms with Gasteiger partial charge in [0.2, 0.25) is 0 Å². The van der Waals surface area contributed by atoms with Crippen LogP contribution < -0.4 is 0 Å². The van der Waals surface area contributed by atoms with Crippen LogP contribution in [0.4, 0.5) is 4.39 Å². The normalized spacial score (nSPS) is 11.7. The number of nitrogens with zero attached hydrogens (tertiary/aromatic N) is 1. The number of carbonyl (C=O) groups is 1. The maximum absolute atomic E-state index is 13.9. The number of thioether (sulfide) groups is 1. The Kier molecular flexibility index (Phi) is 4.96. The van der Waals surface area contributed by atoms with Crippen molar-refractivity contribution in [2.24, 2.45) is 4.99 Å². The zero-order valence-electron chi connectivity index (χ0n) is 10.8. The summed E-state index contributed by atoms with van der Waals surface area (Å²) in [5, 5.41) is 2.35. The van der Waals surface area contributed by atoms with Gasteiger partial charge in [-0.25, -0.2) is 9.38 Å². The predicted octanol–water partition coefficient (Wildman–Crippen LogP) is 4.80. The lowest BCUT2D eigenvalue weighted by Gasteiger charge is -2.06. The van der Waals surface area contributed by atoms with Crippen LogP contribution >= 0.6 is 34.7 Å². The minimum atomic E-state index is -0.485. The lowest BCUT2D eigenvalue weighted by atomic mass is 10.2. The highest BCUT2D eigenvalue weighted by Crippen LogP contribution is 2.25. The molecule has 0 bridgehead atoms. The Bertz CT molecular complexity index is 661. The lowest BCUT2D eigenvalue weighted by molar-refractivity contribution is 0.101. The summed E-state index contributed by atoms with van der Waals surface area (Å²) >= 11 is 8.51. The van der Waals surface area contributed by atoms with E-state index in [1.807, 2.05) is 18.4 Å². The van der Waals surface area contributed by atoms with Gasteiger partial charge in [-0.1, -0.05) is 17.7 Å². The number of carbonyl (C=O) groups excluding carboxylic acids is 1. The molecule has 104 valence electrons. The van der Waals surface area contributed by atoms with E-state index in [4.69, 9.17) is 11.6 Å². The van der Waals surface area contributed by atoms with Gasteiger partial charge in [0.1, 0.15) is 10.9 Å². The second-order valence-electron chi connectivity index (χ2n) is 3.96. The molecule has 0 unspecified atom stereocenters. The summed E-state index contributed by atoms with van der Waals surface area (Å²) in [6, 6.07) is 6.24. The van der Waals surface area contributed by atoms with Crippen molar-refractivity contribution < 1.29 is 9.18 Å². The molecule has 0 spiro atoms. The van der Waals surface area contributed by atoms with Gasteiger partial charge in [-0.2, -0.15) is 0 Å². The minimum Gasteiger partial charge on any atom is -0.266 e. The van der Waals surface area contributed by atoms with E-state index in [0.717, 1.165) is 5.56 Å². The van der Waals surface area contributed by atoms with Crippen LogP contribution in [0.2, 0.25) is 5.02 Å². The molecule has 0 saturated heterocycles. The molecule has 2 rings (SSSR count). The van der Waals surface area contributed by atoms with Crippen LogP contribution in [0.25, 0.3) is 0 Å². The highest BCUT2D eigenvalue weighted by Gasteiger charge is 2.16. The minimum absolute atomic E-state index is 0.171. The number of hydrogen-bond donors (Lipinski definition) is 0. The van der Waals surface area contributed by atoms with Crippen LogP contribution in [0.5, 0.6) is 0 Å². The molecule has 0 fully saturated rings. The number of thiophene rings is 1. The van der Waals surface area contributed by atoms with Gasteiger partial charge in [-0.3, -0.25) is 4.79 Å². The quantitative estimate of drug-likeness (QED) is 0.585. The molecule has 1 amide bonds. The van der Waals surface area contributed by atoms with Crippen LogP contribution in [-0.2, 0) is 0 Å². The van der Waals surface area contributed by atoms with Crippen molar-refractivity contribution in [3.63, 3.8) is 0 Å². The van der Waals surface area contributed by atoms with E-state index in [2.05, 4.69) is 4.99 Å². The van der Waals surface area contributed by atoms with E-state index in [-0.39, 0.29) is 21.5 Å². The summed E-state index contributed by atoms with van der Waals surface area (Å²) in [7, 11) is 0. The van der Waals surface area contributed by atoms with Gasteiger partial charge in [0.05, 0.1) is 15.5 Å². The molecule has 0 radical (unpaired) electrons. The Morgan fingerprint density at radius 2 is 2.15 bits per heavy atom. The first-order chi connectivity index (χ1) is 9.54. The molecule has 0 N–H and O–H groups in total. The van der Waals surface area contributed by atoms with Crippen molar-refractivity contribution in [2.45, 2.75) is 6.92 Å². The summed E-state index contributed by atoms with van der Waals surface area (Å²) < 4.78 is 13.9. The number of aliphatic imine (C=N–C) groups is 1. The average Bonchev–Trinajstić information content (AvgIpc) is 2.83. The smallest absolute Gasteiger partial charge is 0.266 e. The zero-order valence-corrected chi connectivity index (χ0v) is 13.2. The van der Waals surface area contributed by atoms with Crippen molar-refractivity contribution in [2.75, 3.05) is 6.26 Å². The van der Waals surface area contributed by atoms with Gasteiger partial charge in [0.25, 0.3) is 5.91 Å². The third-order valence-corrected chi connectivity index (χ3v) is 4.63. The highest BCUT2D eigenvalue weighted by molar-refractivity contribution is 8.13. The number of amides is 1. The number of halogens is 2. The van der Waals surface area contributed by atoms with Crippen molar-refractivity contribution in [3.8, 4) is 0 Å². The molecule has 0 saturated carbocycles.